The van der Waals surface area contributed by atoms with Crippen LogP contribution in [0.3, 0.4) is 0 Å². The number of hydrogen-bond donors (Lipinski definition) is 2. The van der Waals surface area contributed by atoms with Crippen LogP contribution in [0.4, 0.5) is 0 Å². The molecular weight excluding hydrogens is 338 g/mol. The van der Waals surface area contributed by atoms with E-state index in [2.05, 4.69) is 15.0 Å². The van der Waals surface area contributed by atoms with E-state index in [0.717, 1.165) is 23.2 Å². The highest BCUT2D eigenvalue weighted by Crippen LogP contribution is 2.39. The first-order valence-electron chi connectivity index (χ1n) is 7.62. The predicted octanol–water partition coefficient (Wildman–Crippen LogP) is 0.205. The van der Waals surface area contributed by atoms with Gasteiger partial charge in [-0.3, -0.25) is 4.79 Å². The molecule has 1 aromatic rings. The Balaban J connectivity index is 1.57. The molecule has 1 aliphatic heterocycles. The van der Waals surface area contributed by atoms with E-state index in [9.17, 15) is 13.2 Å². The molecule has 7 nitrogen and oxygen atoms in total. The molecule has 2 heterocycles. The molecule has 0 bridgehead atoms. The molecule has 128 valence electrons. The molecule has 1 saturated heterocycles. The maximum Gasteiger partial charge on any atom is 0.220 e. The summed E-state index contributed by atoms with van der Waals surface area (Å²) in [7, 11) is -3.33. The zero-order valence-electron chi connectivity index (χ0n) is 13.1. The van der Waals surface area contributed by atoms with Gasteiger partial charge < -0.3 is 10.1 Å². The Kier molecular flexibility index (Phi) is 4.73. The summed E-state index contributed by atoms with van der Waals surface area (Å²) < 4.78 is 31.1. The first-order chi connectivity index (χ1) is 10.8. The summed E-state index contributed by atoms with van der Waals surface area (Å²) in [6, 6.07) is -0.557. The summed E-state index contributed by atoms with van der Waals surface area (Å²) in [6.45, 7) is 2.55. The molecule has 2 aliphatic rings. The summed E-state index contributed by atoms with van der Waals surface area (Å²) in [4.78, 5) is 17.5. The minimum atomic E-state index is -3.33. The van der Waals surface area contributed by atoms with Gasteiger partial charge in [0.25, 0.3) is 0 Å². The van der Waals surface area contributed by atoms with Crippen LogP contribution >= 0.6 is 11.3 Å². The molecule has 23 heavy (non-hydrogen) atoms. The average molecular weight is 359 g/mol. The number of amides is 1. The molecule has 0 unspecified atom stereocenters. The van der Waals surface area contributed by atoms with E-state index in [1.807, 2.05) is 6.92 Å². The lowest BCUT2D eigenvalue weighted by Crippen LogP contribution is -2.70. The van der Waals surface area contributed by atoms with Crippen LogP contribution in [0.5, 0.6) is 0 Å². The Morgan fingerprint density at radius 3 is 2.91 bits per heavy atom. The fraction of sp³-hybridized carbons (Fsp3) is 0.714. The number of thiazole rings is 1. The predicted molar refractivity (Wildman–Crippen MR) is 86.7 cm³/mol. The van der Waals surface area contributed by atoms with Gasteiger partial charge in [-0.2, -0.15) is 0 Å². The molecule has 1 amide bonds. The molecule has 1 saturated carbocycles. The van der Waals surface area contributed by atoms with Crippen molar-refractivity contribution in [2.75, 3.05) is 12.9 Å². The molecule has 1 aromatic heterocycles. The zero-order chi connectivity index (χ0) is 16.6. The van der Waals surface area contributed by atoms with Gasteiger partial charge in [0.15, 0.2) is 0 Å². The minimum Gasteiger partial charge on any atom is -0.376 e. The van der Waals surface area contributed by atoms with E-state index in [1.54, 1.807) is 16.8 Å². The quantitative estimate of drug-likeness (QED) is 0.756. The monoisotopic (exact) mass is 359 g/mol. The van der Waals surface area contributed by atoms with E-state index in [-0.39, 0.29) is 30.0 Å². The van der Waals surface area contributed by atoms with Gasteiger partial charge in [0.2, 0.25) is 15.9 Å². The lowest BCUT2D eigenvalue weighted by molar-refractivity contribution is -0.125. The van der Waals surface area contributed by atoms with Gasteiger partial charge in [-0.05, 0) is 19.8 Å². The molecule has 9 heteroatoms. The Morgan fingerprint density at radius 1 is 1.48 bits per heavy atom. The second kappa shape index (κ2) is 6.46. The third-order valence-corrected chi connectivity index (χ3v) is 6.18. The van der Waals surface area contributed by atoms with Gasteiger partial charge in [-0.25, -0.2) is 18.1 Å². The van der Waals surface area contributed by atoms with Gasteiger partial charge in [0.05, 0.1) is 35.6 Å². The topological polar surface area (TPSA) is 97.4 Å². The van der Waals surface area contributed by atoms with Crippen LogP contribution in [0.2, 0.25) is 0 Å². The second-order valence-electron chi connectivity index (χ2n) is 6.16. The van der Waals surface area contributed by atoms with Crippen LogP contribution in [-0.4, -0.2) is 50.4 Å². The van der Waals surface area contributed by atoms with Gasteiger partial charge in [0, 0.05) is 23.8 Å². The Hall–Kier alpha value is -1.03. The first kappa shape index (κ1) is 16.8. The van der Waals surface area contributed by atoms with Crippen LogP contribution in [0.15, 0.2) is 5.51 Å². The molecule has 4 atom stereocenters. The summed E-state index contributed by atoms with van der Waals surface area (Å²) in [5.41, 5.74) is 2.74. The van der Waals surface area contributed by atoms with Crippen molar-refractivity contribution >= 4 is 27.3 Å². The Labute approximate surface area is 139 Å². The fourth-order valence-electron chi connectivity index (χ4n) is 3.34. The van der Waals surface area contributed by atoms with Gasteiger partial charge in [0.1, 0.15) is 0 Å². The van der Waals surface area contributed by atoms with Crippen LogP contribution in [0, 0.1) is 12.8 Å². The number of nitrogens with zero attached hydrogens (tertiary/aromatic N) is 1. The number of ether oxygens (including phenoxy) is 1. The normalized spacial score (nSPS) is 29.8. The van der Waals surface area contributed by atoms with Crippen LogP contribution in [0.1, 0.15) is 23.4 Å². The van der Waals surface area contributed by atoms with Gasteiger partial charge >= 0.3 is 0 Å². The van der Waals surface area contributed by atoms with Crippen molar-refractivity contribution in [3.63, 3.8) is 0 Å². The highest BCUT2D eigenvalue weighted by Gasteiger charge is 2.55. The molecule has 0 aromatic carbocycles. The van der Waals surface area contributed by atoms with Crippen molar-refractivity contribution < 1.29 is 17.9 Å². The molecule has 1 aliphatic carbocycles. The van der Waals surface area contributed by atoms with Crippen molar-refractivity contribution in [2.45, 2.75) is 44.4 Å². The number of carbonyl (C=O) groups excluding carboxylic acids is 1. The van der Waals surface area contributed by atoms with E-state index in [1.165, 1.54) is 0 Å². The van der Waals surface area contributed by atoms with E-state index in [0.29, 0.717) is 19.4 Å². The number of aryl methyl sites for hydroxylation is 2. The number of fused-ring (bicyclic) bond motifs is 1. The molecule has 0 spiro atoms. The first-order valence-corrected chi connectivity index (χ1v) is 10.4. The largest absolute Gasteiger partial charge is 0.376 e. The average Bonchev–Trinajstić information content (AvgIpc) is 3.06. The standard InChI is InChI=1S/C14H21N3O4S2/c1-8-10(22-7-15-8)3-4-11(18)16-12-9-5-6-21-14(9)13(12)17-23(2,19)20/h7,9,12-14,17H,3-6H2,1-2H3,(H,16,18)/t9-,12+,13-,14-/m1/s1. The van der Waals surface area contributed by atoms with E-state index >= 15 is 0 Å². The fourth-order valence-corrected chi connectivity index (χ4v) is 4.90. The van der Waals surface area contributed by atoms with Crippen molar-refractivity contribution in [1.29, 1.82) is 0 Å². The van der Waals surface area contributed by atoms with Gasteiger partial charge in [-0.1, -0.05) is 0 Å². The molecule has 2 fully saturated rings. The third-order valence-electron chi connectivity index (χ3n) is 4.49. The lowest BCUT2D eigenvalue weighted by atomic mass is 9.72. The molecule has 3 rings (SSSR count). The second-order valence-corrected chi connectivity index (χ2v) is 8.88. The van der Waals surface area contributed by atoms with E-state index in [4.69, 9.17) is 4.74 Å². The minimum absolute atomic E-state index is 0.0616. The molecule has 0 radical (unpaired) electrons. The van der Waals surface area contributed by atoms with Crippen molar-refractivity contribution in [2.24, 2.45) is 5.92 Å². The highest BCUT2D eigenvalue weighted by molar-refractivity contribution is 7.88. The lowest BCUT2D eigenvalue weighted by Gasteiger charge is -2.47. The van der Waals surface area contributed by atoms with Crippen molar-refractivity contribution in [1.82, 2.24) is 15.0 Å². The number of carbonyl (C=O) groups is 1. The maximum atomic E-state index is 12.2. The zero-order valence-corrected chi connectivity index (χ0v) is 14.7. The highest BCUT2D eigenvalue weighted by atomic mass is 32.2. The van der Waals surface area contributed by atoms with Crippen LogP contribution in [-0.2, 0) is 26.0 Å². The van der Waals surface area contributed by atoms with E-state index < -0.39 is 10.0 Å². The van der Waals surface area contributed by atoms with Crippen LogP contribution < -0.4 is 10.0 Å². The summed E-state index contributed by atoms with van der Waals surface area (Å²) in [5.74, 6) is 0.136. The number of nitrogens with one attached hydrogen (secondary N) is 2. The van der Waals surface area contributed by atoms with Gasteiger partial charge in [-0.15, -0.1) is 11.3 Å². The summed E-state index contributed by atoms with van der Waals surface area (Å²) in [6.07, 6.45) is 2.89. The number of rotatable bonds is 6. The number of sulfonamides is 1. The number of aromatic nitrogens is 1. The SMILES string of the molecule is Cc1ncsc1CCC(=O)N[C@H]1[C@H]2CCO[C@H]2[C@@H]1NS(C)(=O)=O. The molecular formula is C14H21N3O4S2. The maximum absolute atomic E-state index is 12.2. The summed E-state index contributed by atoms with van der Waals surface area (Å²) >= 11 is 1.55. The van der Waals surface area contributed by atoms with Crippen molar-refractivity contribution in [3.05, 3.63) is 16.1 Å². The Bertz CT molecular complexity index is 688. The molecule has 2 N–H and O–H groups in total. The van der Waals surface area contributed by atoms with Crippen LogP contribution in [0.25, 0.3) is 0 Å². The number of hydrogen-bond acceptors (Lipinski definition) is 6. The van der Waals surface area contributed by atoms with Crippen molar-refractivity contribution in [3.8, 4) is 0 Å². The Morgan fingerprint density at radius 2 is 2.26 bits per heavy atom. The third kappa shape index (κ3) is 3.73. The smallest absolute Gasteiger partial charge is 0.220 e. The summed E-state index contributed by atoms with van der Waals surface area (Å²) in [5, 5.41) is 2.98.